The molecule has 1 atom stereocenters. The molecule has 2 aromatic rings. The predicted octanol–water partition coefficient (Wildman–Crippen LogP) is 2.82. The van der Waals surface area contributed by atoms with E-state index in [1.165, 1.54) is 0 Å². The Morgan fingerprint density at radius 2 is 2.40 bits per heavy atom. The number of carbonyl (C=O) groups is 1. The molecule has 3 rings (SSSR count). The van der Waals surface area contributed by atoms with Crippen molar-refractivity contribution in [3.8, 4) is 0 Å². The van der Waals surface area contributed by atoms with Crippen molar-refractivity contribution >= 4 is 33.2 Å². The molecule has 6 heteroatoms. The lowest BCUT2D eigenvalue weighted by molar-refractivity contribution is -0.0573. The van der Waals surface area contributed by atoms with Gasteiger partial charge in [0.05, 0.1) is 23.6 Å². The van der Waals surface area contributed by atoms with E-state index in [2.05, 4.69) is 18.8 Å². The zero-order chi connectivity index (χ0) is 14.5. The Morgan fingerprint density at radius 3 is 3.05 bits per heavy atom. The van der Waals surface area contributed by atoms with Gasteiger partial charge >= 0.3 is 5.97 Å². The number of fused-ring (bicyclic) bond motifs is 2. The quantitative estimate of drug-likeness (QED) is 0.889. The van der Waals surface area contributed by atoms with Crippen LogP contribution in [0.5, 0.6) is 0 Å². The van der Waals surface area contributed by atoms with Crippen LogP contribution in [0.2, 0.25) is 0 Å². The fourth-order valence-corrected chi connectivity index (χ4v) is 3.38. The first-order chi connectivity index (χ1) is 9.43. The van der Waals surface area contributed by atoms with Crippen LogP contribution in [-0.2, 0) is 17.8 Å². The number of carboxylic acids is 1. The summed E-state index contributed by atoms with van der Waals surface area (Å²) in [5.41, 5.74) is 8.01. The van der Waals surface area contributed by atoms with E-state index < -0.39 is 5.97 Å². The molecule has 0 amide bonds. The van der Waals surface area contributed by atoms with Crippen molar-refractivity contribution in [2.24, 2.45) is 0 Å². The fourth-order valence-electron chi connectivity index (χ4n) is 2.44. The molecule has 3 N–H and O–H groups in total. The standard InChI is InChI=1S/C14H16N2O3S/c1-3-14(2)5-9-7(6-19-14)4-8-10(15)11(13(17)18)20-12(8)16-9/h4H,3,5-6,15H2,1-2H3,(H,17,18)/t14-/m1/s1. The van der Waals surface area contributed by atoms with Gasteiger partial charge in [0.15, 0.2) is 0 Å². The molecule has 0 fully saturated rings. The largest absolute Gasteiger partial charge is 0.477 e. The summed E-state index contributed by atoms with van der Waals surface area (Å²) in [6, 6.07) is 1.92. The van der Waals surface area contributed by atoms with Crippen LogP contribution in [0.25, 0.3) is 10.2 Å². The lowest BCUT2D eigenvalue weighted by Crippen LogP contribution is -2.35. The minimum Gasteiger partial charge on any atom is -0.477 e. The number of hydrogen-bond donors (Lipinski definition) is 2. The van der Waals surface area contributed by atoms with E-state index in [0.717, 1.165) is 40.8 Å². The van der Waals surface area contributed by atoms with Crippen LogP contribution < -0.4 is 5.73 Å². The Balaban J connectivity index is 2.15. The second kappa shape index (κ2) is 4.43. The van der Waals surface area contributed by atoms with E-state index in [-0.39, 0.29) is 10.5 Å². The molecule has 0 spiro atoms. The highest BCUT2D eigenvalue weighted by atomic mass is 32.1. The van der Waals surface area contributed by atoms with Gasteiger partial charge in [0.2, 0.25) is 0 Å². The molecule has 2 aromatic heterocycles. The smallest absolute Gasteiger partial charge is 0.348 e. The molecule has 0 aromatic carbocycles. The third-order valence-electron chi connectivity index (χ3n) is 3.95. The molecular weight excluding hydrogens is 276 g/mol. The molecule has 0 saturated carbocycles. The number of aromatic nitrogens is 1. The highest BCUT2D eigenvalue weighted by molar-refractivity contribution is 7.21. The molecule has 20 heavy (non-hydrogen) atoms. The number of nitrogens with zero attached hydrogens (tertiary/aromatic N) is 1. The monoisotopic (exact) mass is 292 g/mol. The second-order valence-electron chi connectivity index (χ2n) is 5.37. The van der Waals surface area contributed by atoms with Gasteiger partial charge in [0.1, 0.15) is 9.71 Å². The maximum absolute atomic E-state index is 11.1. The lowest BCUT2D eigenvalue weighted by atomic mass is 9.91. The van der Waals surface area contributed by atoms with Gasteiger partial charge in [-0.05, 0) is 19.4 Å². The summed E-state index contributed by atoms with van der Waals surface area (Å²) in [7, 11) is 0. The number of pyridine rings is 1. The zero-order valence-corrected chi connectivity index (χ0v) is 12.2. The number of anilines is 1. The molecule has 106 valence electrons. The topological polar surface area (TPSA) is 85.4 Å². The number of carboxylic acid groups (broad SMARTS) is 1. The second-order valence-corrected chi connectivity index (χ2v) is 6.36. The minimum atomic E-state index is -1.00. The van der Waals surface area contributed by atoms with Gasteiger partial charge in [-0.25, -0.2) is 9.78 Å². The Morgan fingerprint density at radius 1 is 1.65 bits per heavy atom. The number of aromatic carboxylic acids is 1. The van der Waals surface area contributed by atoms with Gasteiger partial charge in [-0.15, -0.1) is 11.3 Å². The van der Waals surface area contributed by atoms with Crippen LogP contribution in [0.1, 0.15) is 41.2 Å². The maximum atomic E-state index is 11.1. The molecule has 0 unspecified atom stereocenters. The molecule has 1 aliphatic rings. The van der Waals surface area contributed by atoms with Crippen molar-refractivity contribution in [2.45, 2.75) is 38.9 Å². The van der Waals surface area contributed by atoms with E-state index in [9.17, 15) is 4.79 Å². The van der Waals surface area contributed by atoms with Crippen molar-refractivity contribution in [3.05, 3.63) is 22.2 Å². The zero-order valence-electron chi connectivity index (χ0n) is 11.4. The molecule has 0 radical (unpaired) electrons. The van der Waals surface area contributed by atoms with Crippen LogP contribution in [0.15, 0.2) is 6.07 Å². The number of nitrogens with two attached hydrogens (primary N) is 1. The minimum absolute atomic E-state index is 0.161. The van der Waals surface area contributed by atoms with Crippen LogP contribution in [0, 0.1) is 0 Å². The van der Waals surface area contributed by atoms with Crippen LogP contribution in [-0.4, -0.2) is 21.7 Å². The highest BCUT2D eigenvalue weighted by Gasteiger charge is 2.31. The van der Waals surface area contributed by atoms with Gasteiger partial charge in [0.25, 0.3) is 0 Å². The Kier molecular flexibility index (Phi) is 2.95. The lowest BCUT2D eigenvalue weighted by Gasteiger charge is -2.33. The predicted molar refractivity (Wildman–Crippen MR) is 78.2 cm³/mol. The molecular formula is C14H16N2O3S. The average Bonchev–Trinajstić information content (AvgIpc) is 2.73. The maximum Gasteiger partial charge on any atom is 0.348 e. The van der Waals surface area contributed by atoms with Gasteiger partial charge in [-0.1, -0.05) is 6.92 Å². The number of ether oxygens (including phenoxy) is 1. The fraction of sp³-hybridized carbons (Fsp3) is 0.429. The summed E-state index contributed by atoms with van der Waals surface area (Å²) in [4.78, 5) is 16.6. The Hall–Kier alpha value is -1.66. The molecule has 0 saturated heterocycles. The van der Waals surface area contributed by atoms with E-state index in [4.69, 9.17) is 15.6 Å². The van der Waals surface area contributed by atoms with E-state index >= 15 is 0 Å². The van der Waals surface area contributed by atoms with Gasteiger partial charge in [-0.2, -0.15) is 0 Å². The van der Waals surface area contributed by atoms with Gasteiger partial charge in [-0.3, -0.25) is 0 Å². The molecule has 1 aliphatic heterocycles. The van der Waals surface area contributed by atoms with E-state index in [1.807, 2.05) is 6.07 Å². The van der Waals surface area contributed by atoms with Crippen molar-refractivity contribution in [1.29, 1.82) is 0 Å². The number of thiophene rings is 1. The van der Waals surface area contributed by atoms with Crippen molar-refractivity contribution in [1.82, 2.24) is 4.98 Å². The normalized spacial score (nSPS) is 21.9. The summed E-state index contributed by atoms with van der Waals surface area (Å²) in [6.07, 6.45) is 1.66. The highest BCUT2D eigenvalue weighted by Crippen LogP contribution is 2.37. The van der Waals surface area contributed by atoms with Crippen LogP contribution in [0.3, 0.4) is 0 Å². The van der Waals surface area contributed by atoms with Gasteiger partial charge < -0.3 is 15.6 Å². The van der Waals surface area contributed by atoms with Crippen LogP contribution in [0.4, 0.5) is 5.69 Å². The Labute approximate surface area is 120 Å². The first kappa shape index (κ1) is 13.3. The number of hydrogen-bond acceptors (Lipinski definition) is 5. The van der Waals surface area contributed by atoms with Crippen molar-refractivity contribution in [3.63, 3.8) is 0 Å². The first-order valence-electron chi connectivity index (χ1n) is 6.51. The van der Waals surface area contributed by atoms with Crippen molar-refractivity contribution < 1.29 is 14.6 Å². The number of nitrogen functional groups attached to an aromatic ring is 1. The summed E-state index contributed by atoms with van der Waals surface area (Å²) >= 11 is 1.14. The van der Waals surface area contributed by atoms with E-state index in [1.54, 1.807) is 0 Å². The summed E-state index contributed by atoms with van der Waals surface area (Å²) in [5, 5.41) is 9.85. The third kappa shape index (κ3) is 1.96. The molecule has 3 heterocycles. The summed E-state index contributed by atoms with van der Waals surface area (Å²) < 4.78 is 5.89. The molecule has 0 aliphatic carbocycles. The molecule has 5 nitrogen and oxygen atoms in total. The summed E-state index contributed by atoms with van der Waals surface area (Å²) in [6.45, 7) is 4.67. The summed E-state index contributed by atoms with van der Waals surface area (Å²) in [5.74, 6) is -1.00. The number of rotatable bonds is 2. The van der Waals surface area contributed by atoms with Gasteiger partial charge in [0, 0.05) is 17.4 Å². The Bertz CT molecular complexity index is 710. The third-order valence-corrected chi connectivity index (χ3v) is 5.05. The molecule has 0 bridgehead atoms. The van der Waals surface area contributed by atoms with E-state index in [0.29, 0.717) is 17.1 Å². The first-order valence-corrected chi connectivity index (χ1v) is 7.33. The van der Waals surface area contributed by atoms with Crippen molar-refractivity contribution in [2.75, 3.05) is 5.73 Å². The average molecular weight is 292 g/mol. The SMILES string of the molecule is CC[C@]1(C)Cc2nc3sc(C(=O)O)c(N)c3cc2CO1. The van der Waals surface area contributed by atoms with Crippen LogP contribution >= 0.6 is 11.3 Å².